The van der Waals surface area contributed by atoms with Crippen LogP contribution >= 0.6 is 0 Å². The number of rotatable bonds is 8. The van der Waals surface area contributed by atoms with E-state index in [4.69, 9.17) is 9.15 Å². The molecule has 0 fully saturated rings. The molecule has 0 radical (unpaired) electrons. The lowest BCUT2D eigenvalue weighted by Gasteiger charge is -2.10. The first-order chi connectivity index (χ1) is 14.3. The molecule has 0 aliphatic heterocycles. The second-order valence-electron chi connectivity index (χ2n) is 6.44. The largest absolute Gasteiger partial charge is 0.486 e. The number of benzene rings is 2. The van der Waals surface area contributed by atoms with Crippen molar-refractivity contribution >= 4 is 17.4 Å². The van der Waals surface area contributed by atoms with E-state index >= 15 is 0 Å². The SMILES string of the molecule is CC(=O)c1ccc(OCc2ccc(C(=O)Nc3ccc(OC(F)F)cc3C)o2)cc1. The van der Waals surface area contributed by atoms with Crippen LogP contribution in [0.5, 0.6) is 11.5 Å². The molecule has 0 saturated carbocycles. The van der Waals surface area contributed by atoms with Crippen LogP contribution in [0.15, 0.2) is 59.0 Å². The maximum absolute atomic E-state index is 12.4. The number of ketones is 1. The van der Waals surface area contributed by atoms with E-state index in [-0.39, 0.29) is 23.9 Å². The first-order valence-corrected chi connectivity index (χ1v) is 9.01. The van der Waals surface area contributed by atoms with Crippen molar-refractivity contribution in [3.05, 3.63) is 77.2 Å². The van der Waals surface area contributed by atoms with E-state index in [1.165, 1.54) is 31.2 Å². The number of carbonyl (C=O) groups is 2. The Morgan fingerprint density at radius 3 is 2.37 bits per heavy atom. The molecule has 0 aliphatic carbocycles. The van der Waals surface area contributed by atoms with Gasteiger partial charge in [0.1, 0.15) is 23.9 Å². The number of hydrogen-bond donors (Lipinski definition) is 1. The van der Waals surface area contributed by atoms with E-state index in [1.54, 1.807) is 37.3 Å². The van der Waals surface area contributed by atoms with Crippen LogP contribution < -0.4 is 14.8 Å². The van der Waals surface area contributed by atoms with Crippen molar-refractivity contribution in [2.24, 2.45) is 0 Å². The summed E-state index contributed by atoms with van der Waals surface area (Å²) >= 11 is 0. The highest BCUT2D eigenvalue weighted by atomic mass is 19.3. The molecule has 8 heteroatoms. The first-order valence-electron chi connectivity index (χ1n) is 9.01. The van der Waals surface area contributed by atoms with Crippen LogP contribution in [0.3, 0.4) is 0 Å². The minimum atomic E-state index is -2.92. The van der Waals surface area contributed by atoms with E-state index in [0.29, 0.717) is 28.3 Å². The van der Waals surface area contributed by atoms with Gasteiger partial charge < -0.3 is 19.2 Å². The number of ether oxygens (including phenoxy) is 2. The number of anilines is 1. The van der Waals surface area contributed by atoms with Gasteiger partial charge in [-0.2, -0.15) is 8.78 Å². The highest BCUT2D eigenvalue weighted by Crippen LogP contribution is 2.24. The Kier molecular flexibility index (Phi) is 6.46. The van der Waals surface area contributed by atoms with Crippen LogP contribution in [0, 0.1) is 6.92 Å². The maximum atomic E-state index is 12.4. The third-order valence-corrected chi connectivity index (χ3v) is 4.20. The predicted molar refractivity (Wildman–Crippen MR) is 105 cm³/mol. The highest BCUT2D eigenvalue weighted by molar-refractivity contribution is 6.02. The lowest BCUT2D eigenvalue weighted by Crippen LogP contribution is -2.12. The van der Waals surface area contributed by atoms with Crippen molar-refractivity contribution in [3.63, 3.8) is 0 Å². The van der Waals surface area contributed by atoms with E-state index in [1.807, 2.05) is 0 Å². The summed E-state index contributed by atoms with van der Waals surface area (Å²) in [6.07, 6.45) is 0. The average molecular weight is 415 g/mol. The number of Topliss-reactive ketones (excluding diaryl/α,β-unsaturated/α-hetero) is 1. The minimum Gasteiger partial charge on any atom is -0.486 e. The van der Waals surface area contributed by atoms with Crippen molar-refractivity contribution in [3.8, 4) is 11.5 Å². The van der Waals surface area contributed by atoms with Crippen LogP contribution in [0.4, 0.5) is 14.5 Å². The van der Waals surface area contributed by atoms with E-state index in [0.717, 1.165) is 0 Å². The summed E-state index contributed by atoms with van der Waals surface area (Å²) in [7, 11) is 0. The van der Waals surface area contributed by atoms with Gasteiger partial charge in [-0.15, -0.1) is 0 Å². The van der Waals surface area contributed by atoms with Gasteiger partial charge in [-0.25, -0.2) is 0 Å². The molecule has 30 heavy (non-hydrogen) atoms. The highest BCUT2D eigenvalue weighted by Gasteiger charge is 2.14. The molecule has 3 rings (SSSR count). The van der Waals surface area contributed by atoms with Gasteiger partial charge in [-0.3, -0.25) is 9.59 Å². The molecule has 0 aliphatic rings. The molecule has 6 nitrogen and oxygen atoms in total. The second kappa shape index (κ2) is 9.21. The van der Waals surface area contributed by atoms with Gasteiger partial charge >= 0.3 is 6.61 Å². The lowest BCUT2D eigenvalue weighted by atomic mass is 10.1. The third-order valence-electron chi connectivity index (χ3n) is 4.20. The molecular formula is C22H19F2NO5. The fourth-order valence-corrected chi connectivity index (χ4v) is 2.65. The van der Waals surface area contributed by atoms with Crippen molar-refractivity contribution in [2.45, 2.75) is 27.1 Å². The van der Waals surface area contributed by atoms with Gasteiger partial charge in [0.2, 0.25) is 0 Å². The maximum Gasteiger partial charge on any atom is 0.387 e. The lowest BCUT2D eigenvalue weighted by molar-refractivity contribution is -0.0498. The van der Waals surface area contributed by atoms with E-state index < -0.39 is 12.5 Å². The molecule has 156 valence electrons. The molecular weight excluding hydrogens is 396 g/mol. The van der Waals surface area contributed by atoms with Gasteiger partial charge in [0.15, 0.2) is 11.5 Å². The normalized spacial score (nSPS) is 10.7. The van der Waals surface area contributed by atoms with Gasteiger partial charge in [0.05, 0.1) is 0 Å². The number of furan rings is 1. The number of nitrogens with one attached hydrogen (secondary N) is 1. The summed E-state index contributed by atoms with van der Waals surface area (Å²) in [5.74, 6) is 0.562. The van der Waals surface area contributed by atoms with Gasteiger partial charge in [-0.1, -0.05) is 0 Å². The fraction of sp³-hybridized carbons (Fsp3) is 0.182. The van der Waals surface area contributed by atoms with Crippen LogP contribution in [0.2, 0.25) is 0 Å². The Morgan fingerprint density at radius 2 is 1.73 bits per heavy atom. The Labute approximate surface area is 171 Å². The third kappa shape index (κ3) is 5.44. The standard InChI is InChI=1S/C22H19F2NO5/c1-13-11-17(30-22(23)24)7-9-19(13)25-21(27)20-10-8-18(29-20)12-28-16-5-3-15(4-6-16)14(2)26/h3-11,22H,12H2,1-2H3,(H,25,27). The molecule has 0 unspecified atom stereocenters. The fourth-order valence-electron chi connectivity index (χ4n) is 2.65. The monoisotopic (exact) mass is 415 g/mol. The minimum absolute atomic E-state index is 0.00858. The van der Waals surface area contributed by atoms with E-state index in [2.05, 4.69) is 10.1 Å². The van der Waals surface area contributed by atoms with Crippen molar-refractivity contribution in [1.29, 1.82) is 0 Å². The number of hydrogen-bond acceptors (Lipinski definition) is 5. The molecule has 1 amide bonds. The van der Waals surface area contributed by atoms with Crippen molar-refractivity contribution < 1.29 is 32.3 Å². The smallest absolute Gasteiger partial charge is 0.387 e. The van der Waals surface area contributed by atoms with Crippen molar-refractivity contribution in [2.75, 3.05) is 5.32 Å². The average Bonchev–Trinajstić information content (AvgIpc) is 3.17. The van der Waals surface area contributed by atoms with Crippen molar-refractivity contribution in [1.82, 2.24) is 0 Å². The summed E-state index contributed by atoms with van der Waals surface area (Å²) in [6, 6.07) is 14.0. The summed E-state index contributed by atoms with van der Waals surface area (Å²) in [5, 5.41) is 2.66. The summed E-state index contributed by atoms with van der Waals surface area (Å²) in [5.41, 5.74) is 1.59. The summed E-state index contributed by atoms with van der Waals surface area (Å²) in [4.78, 5) is 23.7. The summed E-state index contributed by atoms with van der Waals surface area (Å²) < 4.78 is 40.0. The topological polar surface area (TPSA) is 77.8 Å². The Bertz CT molecular complexity index is 1040. The molecule has 1 N–H and O–H groups in total. The van der Waals surface area contributed by atoms with Gasteiger partial charge in [0, 0.05) is 11.3 Å². The zero-order valence-electron chi connectivity index (χ0n) is 16.3. The molecule has 1 aromatic heterocycles. The molecule has 0 saturated heterocycles. The predicted octanol–water partition coefficient (Wildman–Crippen LogP) is 5.22. The molecule has 1 heterocycles. The molecule has 0 spiro atoms. The van der Waals surface area contributed by atoms with Crippen LogP contribution in [0.25, 0.3) is 0 Å². The molecule has 3 aromatic rings. The Morgan fingerprint density at radius 1 is 1.03 bits per heavy atom. The van der Waals surface area contributed by atoms with Crippen LogP contribution in [-0.4, -0.2) is 18.3 Å². The van der Waals surface area contributed by atoms with Crippen LogP contribution in [-0.2, 0) is 6.61 Å². The molecule has 0 atom stereocenters. The van der Waals surface area contributed by atoms with Crippen LogP contribution in [0.1, 0.15) is 39.2 Å². The second-order valence-corrected chi connectivity index (χ2v) is 6.44. The zero-order valence-corrected chi connectivity index (χ0v) is 16.3. The van der Waals surface area contributed by atoms with E-state index in [9.17, 15) is 18.4 Å². The number of amides is 1. The van der Waals surface area contributed by atoms with Gasteiger partial charge in [0.25, 0.3) is 5.91 Å². The Hall–Kier alpha value is -3.68. The molecule has 0 bridgehead atoms. The number of aryl methyl sites for hydroxylation is 1. The number of halogens is 2. The summed E-state index contributed by atoms with van der Waals surface area (Å²) in [6.45, 7) is 0.330. The molecule has 2 aromatic carbocycles. The number of alkyl halides is 2. The quantitative estimate of drug-likeness (QED) is 0.510. The first kappa shape index (κ1) is 21.0. The zero-order chi connectivity index (χ0) is 21.7. The Balaban J connectivity index is 1.58. The number of carbonyl (C=O) groups excluding carboxylic acids is 2. The van der Waals surface area contributed by atoms with Gasteiger partial charge in [-0.05, 0) is 74.0 Å².